The smallest absolute Gasteiger partial charge is 0.0947 e. The summed E-state index contributed by atoms with van der Waals surface area (Å²) in [5.41, 5.74) is 1.28. The van der Waals surface area contributed by atoms with Crippen LogP contribution in [0.15, 0.2) is 23.0 Å². The van der Waals surface area contributed by atoms with Crippen molar-refractivity contribution in [2.24, 2.45) is 0 Å². The van der Waals surface area contributed by atoms with Gasteiger partial charge in [-0.2, -0.15) is 0 Å². The molecule has 0 bridgehead atoms. The van der Waals surface area contributed by atoms with E-state index in [9.17, 15) is 0 Å². The van der Waals surface area contributed by atoms with Gasteiger partial charge in [-0.25, -0.2) is 0 Å². The van der Waals surface area contributed by atoms with Crippen LogP contribution in [-0.2, 0) is 6.54 Å². The maximum atomic E-state index is 5.12. The molecule has 3 nitrogen and oxygen atoms in total. The van der Waals surface area contributed by atoms with E-state index in [-0.39, 0.29) is 0 Å². The van der Waals surface area contributed by atoms with E-state index in [0.29, 0.717) is 6.04 Å². The van der Waals surface area contributed by atoms with Gasteiger partial charge in [-0.1, -0.05) is 6.92 Å². The molecule has 1 aromatic rings. The van der Waals surface area contributed by atoms with Crippen molar-refractivity contribution in [3.8, 4) is 0 Å². The Hall–Kier alpha value is -0.800. The van der Waals surface area contributed by atoms with Crippen LogP contribution >= 0.6 is 0 Å². The molecule has 0 aromatic carbocycles. The van der Waals surface area contributed by atoms with E-state index in [0.717, 1.165) is 6.54 Å². The van der Waals surface area contributed by atoms with Gasteiger partial charge in [-0.15, -0.1) is 0 Å². The van der Waals surface area contributed by atoms with Gasteiger partial charge in [0.2, 0.25) is 0 Å². The first-order valence-electron chi connectivity index (χ1n) is 6.35. The highest BCUT2D eigenvalue weighted by atomic mass is 16.3. The molecular formula is C13H22N2O. The fraction of sp³-hybridized carbons (Fsp3) is 0.692. The zero-order chi connectivity index (χ0) is 11.2. The second-order valence-corrected chi connectivity index (χ2v) is 4.66. The Balaban J connectivity index is 1.83. The molecule has 1 aromatic heterocycles. The summed E-state index contributed by atoms with van der Waals surface area (Å²) in [4.78, 5) is 2.52. The van der Waals surface area contributed by atoms with Gasteiger partial charge in [0, 0.05) is 24.7 Å². The maximum Gasteiger partial charge on any atom is 0.0947 e. The molecule has 1 saturated heterocycles. The highest BCUT2D eigenvalue weighted by Gasteiger charge is 2.17. The third-order valence-electron chi connectivity index (χ3n) is 3.17. The summed E-state index contributed by atoms with van der Waals surface area (Å²) in [6.45, 7) is 6.78. The molecule has 0 amide bonds. The molecule has 90 valence electrons. The van der Waals surface area contributed by atoms with Crippen molar-refractivity contribution in [1.82, 2.24) is 10.2 Å². The zero-order valence-electron chi connectivity index (χ0n) is 10.1. The number of hydrogen-bond donors (Lipinski definition) is 1. The number of nitrogens with one attached hydrogen (secondary N) is 1. The molecule has 1 aliphatic heterocycles. The largest absolute Gasteiger partial charge is 0.472 e. The Kier molecular flexibility index (Phi) is 4.43. The monoisotopic (exact) mass is 222 g/mol. The lowest BCUT2D eigenvalue weighted by Gasteiger charge is -2.24. The highest BCUT2D eigenvalue weighted by molar-refractivity contribution is 5.05. The van der Waals surface area contributed by atoms with E-state index in [1.807, 2.05) is 6.26 Å². The summed E-state index contributed by atoms with van der Waals surface area (Å²) in [6, 6.07) is 2.75. The Morgan fingerprint density at radius 2 is 2.50 bits per heavy atom. The van der Waals surface area contributed by atoms with Crippen molar-refractivity contribution in [2.45, 2.75) is 38.8 Å². The predicted octanol–water partition coefficient (Wildman–Crippen LogP) is 2.24. The van der Waals surface area contributed by atoms with E-state index < -0.39 is 0 Å². The van der Waals surface area contributed by atoms with E-state index >= 15 is 0 Å². The molecule has 1 fully saturated rings. The van der Waals surface area contributed by atoms with Crippen LogP contribution in [0.5, 0.6) is 0 Å². The van der Waals surface area contributed by atoms with Gasteiger partial charge in [0.15, 0.2) is 0 Å². The second-order valence-electron chi connectivity index (χ2n) is 4.66. The highest BCUT2D eigenvalue weighted by Crippen LogP contribution is 2.11. The normalized spacial score (nSPS) is 20.8. The average Bonchev–Trinajstić information content (AvgIpc) is 2.91. The molecular weight excluding hydrogens is 200 g/mol. The van der Waals surface area contributed by atoms with E-state index in [4.69, 9.17) is 4.42 Å². The standard InChI is InChI=1S/C13H22N2O/c1-2-7-15(9-12-5-8-16-11-12)10-13-4-3-6-14-13/h5,8,11,13-14H,2-4,6-7,9-10H2,1H3. The zero-order valence-corrected chi connectivity index (χ0v) is 10.1. The first-order valence-corrected chi connectivity index (χ1v) is 6.35. The van der Waals surface area contributed by atoms with Crippen molar-refractivity contribution in [1.29, 1.82) is 0 Å². The Bertz CT molecular complexity index is 278. The van der Waals surface area contributed by atoms with Crippen LogP contribution in [0.1, 0.15) is 31.7 Å². The van der Waals surface area contributed by atoms with Crippen LogP contribution in [0.4, 0.5) is 0 Å². The summed E-state index contributed by atoms with van der Waals surface area (Å²) < 4.78 is 5.12. The van der Waals surface area contributed by atoms with Gasteiger partial charge in [-0.3, -0.25) is 4.90 Å². The van der Waals surface area contributed by atoms with Gasteiger partial charge in [0.05, 0.1) is 12.5 Å². The predicted molar refractivity (Wildman–Crippen MR) is 65.3 cm³/mol. The summed E-state index contributed by atoms with van der Waals surface area (Å²) in [7, 11) is 0. The van der Waals surface area contributed by atoms with Crippen LogP contribution in [0.2, 0.25) is 0 Å². The van der Waals surface area contributed by atoms with Crippen molar-refractivity contribution in [3.05, 3.63) is 24.2 Å². The second kappa shape index (κ2) is 6.06. The third kappa shape index (κ3) is 3.35. The van der Waals surface area contributed by atoms with Crippen LogP contribution in [-0.4, -0.2) is 30.6 Å². The van der Waals surface area contributed by atoms with Gasteiger partial charge < -0.3 is 9.73 Å². The molecule has 0 saturated carbocycles. The third-order valence-corrected chi connectivity index (χ3v) is 3.17. The molecule has 16 heavy (non-hydrogen) atoms. The van der Waals surface area contributed by atoms with E-state index in [1.165, 1.54) is 44.5 Å². The first kappa shape index (κ1) is 11.7. The maximum absolute atomic E-state index is 5.12. The Morgan fingerprint density at radius 1 is 1.56 bits per heavy atom. The molecule has 1 atom stereocenters. The van der Waals surface area contributed by atoms with E-state index in [2.05, 4.69) is 23.2 Å². The molecule has 0 spiro atoms. The number of furan rings is 1. The minimum atomic E-state index is 0.693. The van der Waals surface area contributed by atoms with Gasteiger partial charge in [0.1, 0.15) is 0 Å². The molecule has 1 aliphatic rings. The fourth-order valence-corrected chi connectivity index (χ4v) is 2.42. The molecule has 1 unspecified atom stereocenters. The van der Waals surface area contributed by atoms with Crippen molar-refractivity contribution in [3.63, 3.8) is 0 Å². The quantitative estimate of drug-likeness (QED) is 0.800. The molecule has 1 N–H and O–H groups in total. The SMILES string of the molecule is CCCN(Cc1ccoc1)CC1CCCN1. The van der Waals surface area contributed by atoms with E-state index in [1.54, 1.807) is 6.26 Å². The summed E-state index contributed by atoms with van der Waals surface area (Å²) >= 11 is 0. The van der Waals surface area contributed by atoms with Crippen LogP contribution in [0, 0.1) is 0 Å². The van der Waals surface area contributed by atoms with Crippen LogP contribution < -0.4 is 5.32 Å². The van der Waals surface area contributed by atoms with Gasteiger partial charge in [-0.05, 0) is 38.4 Å². The first-order chi connectivity index (χ1) is 7.88. The van der Waals surface area contributed by atoms with Crippen molar-refractivity contribution >= 4 is 0 Å². The molecule has 2 rings (SSSR count). The number of rotatable bonds is 6. The topological polar surface area (TPSA) is 28.4 Å². The summed E-state index contributed by atoms with van der Waals surface area (Å²) in [5.74, 6) is 0. The molecule has 3 heteroatoms. The van der Waals surface area contributed by atoms with Gasteiger partial charge in [0.25, 0.3) is 0 Å². The van der Waals surface area contributed by atoms with Gasteiger partial charge >= 0.3 is 0 Å². The molecule has 2 heterocycles. The van der Waals surface area contributed by atoms with Crippen molar-refractivity contribution in [2.75, 3.05) is 19.6 Å². The van der Waals surface area contributed by atoms with Crippen molar-refractivity contribution < 1.29 is 4.42 Å². The number of nitrogens with zero attached hydrogens (tertiary/aromatic N) is 1. The lowest BCUT2D eigenvalue weighted by atomic mass is 10.2. The lowest BCUT2D eigenvalue weighted by molar-refractivity contribution is 0.241. The fourth-order valence-electron chi connectivity index (χ4n) is 2.42. The Labute approximate surface area is 97.8 Å². The summed E-state index contributed by atoms with van der Waals surface area (Å²) in [6.07, 6.45) is 7.48. The van der Waals surface area contributed by atoms with Crippen LogP contribution in [0.3, 0.4) is 0 Å². The number of hydrogen-bond acceptors (Lipinski definition) is 3. The minimum absolute atomic E-state index is 0.693. The molecule has 0 radical (unpaired) electrons. The summed E-state index contributed by atoms with van der Waals surface area (Å²) in [5, 5.41) is 3.56. The van der Waals surface area contributed by atoms with Crippen LogP contribution in [0.25, 0.3) is 0 Å². The molecule has 0 aliphatic carbocycles. The Morgan fingerprint density at radius 3 is 3.12 bits per heavy atom. The minimum Gasteiger partial charge on any atom is -0.472 e. The lowest BCUT2D eigenvalue weighted by Crippen LogP contribution is -2.37. The average molecular weight is 222 g/mol.